The molecule has 2 aromatic rings. The SMILES string of the molecule is COC(C)(C)C(=O)Nc1n[nH]c2c1CN(C(=O)OC(CN(C)C)c1ccccc1)C2(C)C. The number of ether oxygens (including phenoxy) is 2. The number of rotatable bonds is 7. The van der Waals surface area contributed by atoms with E-state index in [-0.39, 0.29) is 12.5 Å². The summed E-state index contributed by atoms with van der Waals surface area (Å²) < 4.78 is 11.2. The molecule has 0 saturated carbocycles. The van der Waals surface area contributed by atoms with Crippen molar-refractivity contribution in [2.24, 2.45) is 0 Å². The summed E-state index contributed by atoms with van der Waals surface area (Å²) in [4.78, 5) is 29.5. The average molecular weight is 444 g/mol. The van der Waals surface area contributed by atoms with Crippen molar-refractivity contribution in [1.29, 1.82) is 0 Å². The molecule has 0 saturated heterocycles. The normalized spacial score (nSPS) is 16.1. The Kier molecular flexibility index (Phi) is 6.61. The van der Waals surface area contributed by atoms with Crippen LogP contribution in [0, 0.1) is 0 Å². The largest absolute Gasteiger partial charge is 0.440 e. The molecule has 9 heteroatoms. The number of hydrogen-bond acceptors (Lipinski definition) is 6. The van der Waals surface area contributed by atoms with Crippen LogP contribution in [0.5, 0.6) is 0 Å². The lowest BCUT2D eigenvalue weighted by atomic mass is 10.0. The highest BCUT2D eigenvalue weighted by molar-refractivity contribution is 5.96. The van der Waals surface area contributed by atoms with Crippen LogP contribution in [0.25, 0.3) is 0 Å². The topological polar surface area (TPSA) is 99.8 Å². The van der Waals surface area contributed by atoms with Crippen LogP contribution >= 0.6 is 0 Å². The lowest BCUT2D eigenvalue weighted by molar-refractivity contribution is -0.133. The van der Waals surface area contributed by atoms with Crippen LogP contribution in [0.15, 0.2) is 30.3 Å². The molecule has 1 aromatic heterocycles. The third-order valence-corrected chi connectivity index (χ3v) is 5.92. The molecule has 1 unspecified atom stereocenters. The number of fused-ring (bicyclic) bond motifs is 1. The lowest BCUT2D eigenvalue weighted by Crippen LogP contribution is -2.42. The van der Waals surface area contributed by atoms with E-state index in [1.54, 1.807) is 18.7 Å². The fraction of sp³-hybridized carbons (Fsp3) is 0.522. The van der Waals surface area contributed by atoms with Crippen LogP contribution in [0.1, 0.15) is 50.6 Å². The highest BCUT2D eigenvalue weighted by Crippen LogP contribution is 2.41. The van der Waals surface area contributed by atoms with Crippen LogP contribution in [-0.2, 0) is 26.4 Å². The Morgan fingerprint density at radius 1 is 1.28 bits per heavy atom. The number of carbonyl (C=O) groups is 2. The first kappa shape index (κ1) is 23.7. The predicted octanol–water partition coefficient (Wildman–Crippen LogP) is 3.26. The summed E-state index contributed by atoms with van der Waals surface area (Å²) in [5.74, 6) is 0.0784. The summed E-state index contributed by atoms with van der Waals surface area (Å²) in [7, 11) is 5.36. The van der Waals surface area contributed by atoms with Crippen molar-refractivity contribution < 1.29 is 19.1 Å². The number of H-pyrrole nitrogens is 1. The van der Waals surface area contributed by atoms with E-state index in [1.165, 1.54) is 7.11 Å². The number of nitrogens with zero attached hydrogens (tertiary/aromatic N) is 3. The van der Waals surface area contributed by atoms with Crippen LogP contribution in [0.3, 0.4) is 0 Å². The van der Waals surface area contributed by atoms with Gasteiger partial charge in [-0.05, 0) is 47.4 Å². The number of amides is 2. The van der Waals surface area contributed by atoms with Crippen molar-refractivity contribution in [3.8, 4) is 0 Å². The second kappa shape index (κ2) is 8.91. The fourth-order valence-corrected chi connectivity index (χ4v) is 3.66. The molecule has 2 amide bonds. The lowest BCUT2D eigenvalue weighted by Gasteiger charge is -2.33. The number of anilines is 1. The number of aromatic nitrogens is 2. The van der Waals surface area contributed by atoms with Crippen molar-refractivity contribution in [3.05, 3.63) is 47.2 Å². The van der Waals surface area contributed by atoms with Gasteiger partial charge >= 0.3 is 6.09 Å². The zero-order valence-electron chi connectivity index (χ0n) is 19.9. The highest BCUT2D eigenvalue weighted by atomic mass is 16.6. The molecule has 3 rings (SSSR count). The maximum atomic E-state index is 13.3. The Morgan fingerprint density at radius 3 is 2.53 bits per heavy atom. The van der Waals surface area contributed by atoms with Gasteiger partial charge < -0.3 is 19.7 Å². The Morgan fingerprint density at radius 2 is 1.94 bits per heavy atom. The number of methoxy groups -OCH3 is 1. The molecule has 0 fully saturated rings. The van der Waals surface area contributed by atoms with Gasteiger partial charge in [0.1, 0.15) is 11.7 Å². The molecule has 0 bridgehead atoms. The minimum Gasteiger partial charge on any atom is -0.440 e. The van der Waals surface area contributed by atoms with Crippen molar-refractivity contribution in [1.82, 2.24) is 20.0 Å². The van der Waals surface area contributed by atoms with Gasteiger partial charge in [0, 0.05) is 19.2 Å². The van der Waals surface area contributed by atoms with E-state index in [2.05, 4.69) is 15.5 Å². The maximum Gasteiger partial charge on any atom is 0.411 e. The quantitative estimate of drug-likeness (QED) is 0.681. The van der Waals surface area contributed by atoms with Crippen molar-refractivity contribution >= 4 is 17.8 Å². The van der Waals surface area contributed by atoms with Gasteiger partial charge in [0.15, 0.2) is 5.82 Å². The molecule has 2 heterocycles. The molecule has 1 atom stereocenters. The van der Waals surface area contributed by atoms with Gasteiger partial charge in [-0.2, -0.15) is 5.10 Å². The second-order valence-corrected chi connectivity index (χ2v) is 9.28. The van der Waals surface area contributed by atoms with Crippen LogP contribution < -0.4 is 5.32 Å². The fourth-order valence-electron chi connectivity index (χ4n) is 3.66. The summed E-state index contributed by atoms with van der Waals surface area (Å²) in [5, 5.41) is 10.1. The van der Waals surface area contributed by atoms with E-state index in [0.717, 1.165) is 16.8 Å². The van der Waals surface area contributed by atoms with E-state index in [1.807, 2.05) is 63.2 Å². The number of nitrogens with one attached hydrogen (secondary N) is 2. The van der Waals surface area contributed by atoms with Crippen LogP contribution in [0.4, 0.5) is 10.6 Å². The van der Waals surface area contributed by atoms with Crippen molar-refractivity contribution in [2.75, 3.05) is 33.1 Å². The molecule has 32 heavy (non-hydrogen) atoms. The zero-order valence-corrected chi connectivity index (χ0v) is 19.9. The number of carbonyl (C=O) groups excluding carboxylic acids is 2. The third-order valence-electron chi connectivity index (χ3n) is 5.92. The van der Waals surface area contributed by atoms with Gasteiger partial charge in [-0.25, -0.2) is 4.79 Å². The average Bonchev–Trinajstić information content (AvgIpc) is 3.26. The molecule has 2 N–H and O–H groups in total. The number of benzene rings is 1. The van der Waals surface area contributed by atoms with Gasteiger partial charge in [-0.3, -0.25) is 14.8 Å². The zero-order chi connectivity index (χ0) is 23.7. The van der Waals surface area contributed by atoms with Crippen LogP contribution in [0.2, 0.25) is 0 Å². The van der Waals surface area contributed by atoms with Crippen LogP contribution in [-0.4, -0.2) is 65.3 Å². The highest BCUT2D eigenvalue weighted by Gasteiger charge is 2.45. The van der Waals surface area contributed by atoms with E-state index in [9.17, 15) is 9.59 Å². The van der Waals surface area contributed by atoms with Crippen molar-refractivity contribution in [2.45, 2.75) is 51.5 Å². The molecule has 174 valence electrons. The number of hydrogen-bond donors (Lipinski definition) is 2. The number of aromatic amines is 1. The maximum absolute atomic E-state index is 13.3. The van der Waals surface area contributed by atoms with E-state index < -0.39 is 23.3 Å². The van der Waals surface area contributed by atoms with Gasteiger partial charge in [0.2, 0.25) is 0 Å². The molecule has 0 aliphatic carbocycles. The molecular formula is C23H33N5O4. The molecule has 1 aliphatic heterocycles. The molecule has 0 spiro atoms. The standard InChI is InChI=1S/C23H33N5O4/c1-22(2)18-16(19(26-25-18)24-20(29)23(3,4)31-7)13-28(22)21(30)32-17(14-27(5)6)15-11-9-8-10-12-15/h8-12,17H,13-14H2,1-7H3,(H2,24,25,26,29). The summed E-state index contributed by atoms with van der Waals surface area (Å²) in [5.41, 5.74) is 0.771. The Hall–Kier alpha value is -2.91. The first-order valence-corrected chi connectivity index (χ1v) is 10.6. The molecule has 0 radical (unpaired) electrons. The predicted molar refractivity (Wildman–Crippen MR) is 121 cm³/mol. The molecule has 1 aliphatic rings. The Labute approximate surface area is 189 Å². The van der Waals surface area contributed by atoms with Gasteiger partial charge in [-0.15, -0.1) is 0 Å². The number of likely N-dealkylation sites (N-methyl/N-ethyl adjacent to an activating group) is 1. The molecular weight excluding hydrogens is 410 g/mol. The third kappa shape index (κ3) is 4.63. The Bertz CT molecular complexity index is 968. The first-order chi connectivity index (χ1) is 15.0. The first-order valence-electron chi connectivity index (χ1n) is 10.6. The van der Waals surface area contributed by atoms with Gasteiger partial charge in [0.05, 0.1) is 17.8 Å². The summed E-state index contributed by atoms with van der Waals surface area (Å²) >= 11 is 0. The van der Waals surface area contributed by atoms with E-state index >= 15 is 0 Å². The molecule has 9 nitrogen and oxygen atoms in total. The summed E-state index contributed by atoms with van der Waals surface area (Å²) in [6.45, 7) is 8.03. The van der Waals surface area contributed by atoms with Gasteiger partial charge in [0.25, 0.3) is 5.91 Å². The van der Waals surface area contributed by atoms with Gasteiger partial charge in [-0.1, -0.05) is 30.3 Å². The minimum atomic E-state index is -1.01. The Balaban J connectivity index is 1.80. The second-order valence-electron chi connectivity index (χ2n) is 9.28. The van der Waals surface area contributed by atoms with E-state index in [4.69, 9.17) is 9.47 Å². The molecule has 1 aromatic carbocycles. The van der Waals surface area contributed by atoms with E-state index in [0.29, 0.717) is 12.4 Å². The minimum absolute atomic E-state index is 0.268. The smallest absolute Gasteiger partial charge is 0.411 e. The van der Waals surface area contributed by atoms with Crippen molar-refractivity contribution in [3.63, 3.8) is 0 Å². The monoisotopic (exact) mass is 443 g/mol. The summed E-state index contributed by atoms with van der Waals surface area (Å²) in [6, 6.07) is 9.70. The summed E-state index contributed by atoms with van der Waals surface area (Å²) in [6.07, 6.45) is -0.835.